The van der Waals surface area contributed by atoms with Gasteiger partial charge in [0.1, 0.15) is 6.61 Å². The van der Waals surface area contributed by atoms with E-state index in [4.69, 9.17) is 9.47 Å². The maximum Gasteiger partial charge on any atom is 0.311 e. The third-order valence-electron chi connectivity index (χ3n) is 2.67. The van der Waals surface area contributed by atoms with Crippen molar-refractivity contribution in [3.05, 3.63) is 0 Å². The number of hydrogen-bond acceptors (Lipinski definition) is 4. The molecule has 1 aliphatic heterocycles. The molecule has 0 bridgehead atoms. The number of carbonyl (C=O) groups excluding carboxylic acids is 1. The van der Waals surface area contributed by atoms with Crippen molar-refractivity contribution in [2.75, 3.05) is 19.8 Å². The van der Waals surface area contributed by atoms with Crippen LogP contribution in [0.15, 0.2) is 0 Å². The molecule has 1 unspecified atom stereocenters. The Morgan fingerprint density at radius 2 is 1.89 bits per heavy atom. The van der Waals surface area contributed by atoms with E-state index in [1.807, 2.05) is 32.5 Å². The summed E-state index contributed by atoms with van der Waals surface area (Å²) in [6.07, 6.45) is 0.951. The van der Waals surface area contributed by atoms with Crippen LogP contribution in [0.3, 0.4) is 0 Å². The first kappa shape index (κ1) is 15.8. The zero-order valence-electron chi connectivity index (χ0n) is 12.5. The average Bonchev–Trinajstić information content (AvgIpc) is 2.59. The van der Waals surface area contributed by atoms with Gasteiger partial charge in [-0.25, -0.2) is 0 Å². The lowest BCUT2D eigenvalue weighted by atomic mass is 9.97. The van der Waals surface area contributed by atoms with E-state index >= 15 is 0 Å². The minimum atomic E-state index is -0.437. The predicted octanol–water partition coefficient (Wildman–Crippen LogP) is 3.27. The topological polar surface area (TPSA) is 35.5 Å². The Balaban J connectivity index is 2.62. The Hall–Kier alpha value is -0.220. The van der Waals surface area contributed by atoms with E-state index in [1.165, 1.54) is 0 Å². The van der Waals surface area contributed by atoms with Gasteiger partial charge in [-0.05, 0) is 27.2 Å². The third-order valence-corrected chi connectivity index (χ3v) is 4.15. The summed E-state index contributed by atoms with van der Waals surface area (Å²) in [5.41, 5.74) is -0.437. The SMILES string of the molecule is CC(C)(C)SC1(COC(=O)C(C)(C)C)CCOC1. The Kier molecular flexibility index (Phi) is 4.76. The van der Waals surface area contributed by atoms with Crippen LogP contribution in [0.4, 0.5) is 0 Å². The van der Waals surface area contributed by atoms with Gasteiger partial charge in [-0.15, -0.1) is 11.8 Å². The molecule has 1 aliphatic rings. The second-order valence-electron chi connectivity index (χ2n) is 7.03. The number of hydrogen-bond donors (Lipinski definition) is 0. The van der Waals surface area contributed by atoms with E-state index < -0.39 is 5.41 Å². The monoisotopic (exact) mass is 274 g/mol. The minimum absolute atomic E-state index is 0.0703. The van der Waals surface area contributed by atoms with Gasteiger partial charge in [-0.3, -0.25) is 4.79 Å². The van der Waals surface area contributed by atoms with Crippen molar-refractivity contribution in [1.82, 2.24) is 0 Å². The fourth-order valence-electron chi connectivity index (χ4n) is 1.88. The molecule has 106 valence electrons. The lowest BCUT2D eigenvalue weighted by Gasteiger charge is -2.34. The summed E-state index contributed by atoms with van der Waals surface area (Å²) in [6.45, 7) is 14.1. The number of thioether (sulfide) groups is 1. The fourth-order valence-corrected chi connectivity index (χ4v) is 3.62. The Bertz CT molecular complexity index is 293. The molecule has 1 saturated heterocycles. The highest BCUT2D eigenvalue weighted by Gasteiger charge is 2.41. The molecule has 1 atom stereocenters. The molecule has 18 heavy (non-hydrogen) atoms. The standard InChI is InChI=1S/C14H26O3S/c1-12(2,3)11(15)17-10-14(7-8-16-9-14)18-13(4,5)6/h7-10H2,1-6H3. The van der Waals surface area contributed by atoms with Crippen molar-refractivity contribution < 1.29 is 14.3 Å². The lowest BCUT2D eigenvalue weighted by molar-refractivity contribution is -0.153. The number of esters is 1. The molecule has 1 rings (SSSR count). The van der Waals surface area contributed by atoms with Crippen LogP contribution in [0.5, 0.6) is 0 Å². The largest absolute Gasteiger partial charge is 0.464 e. The molecule has 1 heterocycles. The minimum Gasteiger partial charge on any atom is -0.464 e. The smallest absolute Gasteiger partial charge is 0.311 e. The van der Waals surface area contributed by atoms with Gasteiger partial charge >= 0.3 is 5.97 Å². The molecule has 0 radical (unpaired) electrons. The van der Waals surface area contributed by atoms with E-state index in [-0.39, 0.29) is 15.5 Å². The summed E-state index contributed by atoms with van der Waals surface area (Å²) < 4.78 is 11.1. The molecular weight excluding hydrogens is 248 g/mol. The van der Waals surface area contributed by atoms with Gasteiger partial charge < -0.3 is 9.47 Å². The summed E-state index contributed by atoms with van der Waals surface area (Å²) in [4.78, 5) is 11.9. The summed E-state index contributed by atoms with van der Waals surface area (Å²) in [5, 5.41) is 0. The van der Waals surface area contributed by atoms with E-state index in [1.54, 1.807) is 0 Å². The zero-order chi connectivity index (χ0) is 14.0. The molecule has 1 fully saturated rings. The molecule has 0 spiro atoms. The molecule has 0 amide bonds. The zero-order valence-corrected chi connectivity index (χ0v) is 13.3. The van der Waals surface area contributed by atoms with E-state index in [9.17, 15) is 4.79 Å². The van der Waals surface area contributed by atoms with Crippen molar-refractivity contribution in [3.8, 4) is 0 Å². The fraction of sp³-hybridized carbons (Fsp3) is 0.929. The summed E-state index contributed by atoms with van der Waals surface area (Å²) >= 11 is 1.86. The van der Waals surface area contributed by atoms with Crippen LogP contribution in [-0.4, -0.2) is 35.3 Å². The Morgan fingerprint density at radius 1 is 1.28 bits per heavy atom. The van der Waals surface area contributed by atoms with Crippen LogP contribution in [0.2, 0.25) is 0 Å². The maximum atomic E-state index is 11.9. The number of carbonyl (C=O) groups is 1. The van der Waals surface area contributed by atoms with Crippen molar-refractivity contribution in [2.24, 2.45) is 5.41 Å². The number of ether oxygens (including phenoxy) is 2. The highest BCUT2D eigenvalue weighted by Crippen LogP contribution is 2.42. The molecular formula is C14H26O3S. The quantitative estimate of drug-likeness (QED) is 0.740. The molecule has 0 aromatic rings. The maximum absolute atomic E-state index is 11.9. The van der Waals surface area contributed by atoms with E-state index in [0.29, 0.717) is 13.2 Å². The highest BCUT2D eigenvalue weighted by molar-refractivity contribution is 8.02. The summed E-state index contributed by atoms with van der Waals surface area (Å²) in [7, 11) is 0. The second-order valence-corrected chi connectivity index (χ2v) is 9.32. The predicted molar refractivity (Wildman–Crippen MR) is 75.9 cm³/mol. The van der Waals surface area contributed by atoms with Crippen molar-refractivity contribution in [3.63, 3.8) is 0 Å². The Labute approximate surface area is 115 Å². The molecule has 0 aromatic heterocycles. The highest BCUT2D eigenvalue weighted by atomic mass is 32.2. The van der Waals surface area contributed by atoms with E-state index in [0.717, 1.165) is 13.0 Å². The summed E-state index contributed by atoms with van der Waals surface area (Å²) in [5.74, 6) is -0.136. The van der Waals surface area contributed by atoms with Gasteiger partial charge in [0.15, 0.2) is 0 Å². The molecule has 0 aromatic carbocycles. The van der Waals surface area contributed by atoms with Crippen LogP contribution < -0.4 is 0 Å². The third kappa shape index (κ3) is 4.81. The second kappa shape index (κ2) is 5.41. The lowest BCUT2D eigenvalue weighted by Crippen LogP contribution is -2.38. The molecule has 0 aliphatic carbocycles. The first-order chi connectivity index (χ1) is 8.04. The summed E-state index contributed by atoms with van der Waals surface area (Å²) in [6, 6.07) is 0. The molecule has 0 N–H and O–H groups in total. The van der Waals surface area contributed by atoms with Crippen molar-refractivity contribution in [2.45, 2.75) is 57.5 Å². The van der Waals surface area contributed by atoms with Gasteiger partial charge in [0.05, 0.1) is 16.8 Å². The number of rotatable bonds is 3. The normalized spacial score (nSPS) is 25.2. The van der Waals surface area contributed by atoms with Crippen LogP contribution in [0.1, 0.15) is 48.0 Å². The van der Waals surface area contributed by atoms with Gasteiger partial charge in [-0.2, -0.15) is 0 Å². The van der Waals surface area contributed by atoms with Crippen LogP contribution >= 0.6 is 11.8 Å². The van der Waals surface area contributed by atoms with Gasteiger partial charge in [0.2, 0.25) is 0 Å². The van der Waals surface area contributed by atoms with Crippen molar-refractivity contribution >= 4 is 17.7 Å². The molecule has 3 nitrogen and oxygen atoms in total. The van der Waals surface area contributed by atoms with Gasteiger partial charge in [0, 0.05) is 11.4 Å². The Morgan fingerprint density at radius 3 is 2.28 bits per heavy atom. The van der Waals surface area contributed by atoms with Crippen LogP contribution in [0.25, 0.3) is 0 Å². The van der Waals surface area contributed by atoms with Crippen LogP contribution in [-0.2, 0) is 14.3 Å². The van der Waals surface area contributed by atoms with Gasteiger partial charge in [0.25, 0.3) is 0 Å². The molecule has 4 heteroatoms. The first-order valence-corrected chi connectivity index (χ1v) is 7.31. The van der Waals surface area contributed by atoms with Gasteiger partial charge in [-0.1, -0.05) is 20.8 Å². The van der Waals surface area contributed by atoms with Crippen LogP contribution in [0, 0.1) is 5.41 Å². The molecule has 0 saturated carbocycles. The average molecular weight is 274 g/mol. The van der Waals surface area contributed by atoms with Crippen molar-refractivity contribution in [1.29, 1.82) is 0 Å². The first-order valence-electron chi connectivity index (χ1n) is 6.49. The van der Waals surface area contributed by atoms with E-state index in [2.05, 4.69) is 20.8 Å².